The van der Waals surface area contributed by atoms with Gasteiger partial charge in [0.1, 0.15) is 5.82 Å². The van der Waals surface area contributed by atoms with Crippen LogP contribution in [-0.4, -0.2) is 12.6 Å². The Labute approximate surface area is 131 Å². The summed E-state index contributed by atoms with van der Waals surface area (Å²) in [7, 11) is 0. The first-order valence-corrected chi connectivity index (χ1v) is 7.65. The molecule has 2 rings (SSSR count). The highest BCUT2D eigenvalue weighted by Crippen LogP contribution is 2.46. The summed E-state index contributed by atoms with van der Waals surface area (Å²) in [5.74, 6) is -0.586. The maximum atomic E-state index is 14.3. The SMILES string of the molecule is CC(C)(C)C[C@@H]1NCC(c2cccc(Cl)c2F)[C@]1(C)C#N. The highest BCUT2D eigenvalue weighted by molar-refractivity contribution is 6.30. The van der Waals surface area contributed by atoms with Gasteiger partial charge in [-0.3, -0.25) is 0 Å². The molecule has 1 saturated heterocycles. The highest BCUT2D eigenvalue weighted by Gasteiger charge is 2.49. The molecule has 0 aliphatic carbocycles. The van der Waals surface area contributed by atoms with Crippen LogP contribution < -0.4 is 5.32 Å². The van der Waals surface area contributed by atoms with Gasteiger partial charge in [-0.05, 0) is 30.4 Å². The number of hydrogen-bond acceptors (Lipinski definition) is 2. The second-order valence-corrected chi connectivity index (χ2v) is 7.72. The minimum absolute atomic E-state index is 0.0471. The van der Waals surface area contributed by atoms with Crippen molar-refractivity contribution in [1.82, 2.24) is 5.32 Å². The van der Waals surface area contributed by atoms with Gasteiger partial charge in [-0.1, -0.05) is 44.5 Å². The molecular formula is C17H22ClFN2. The minimum atomic E-state index is -0.640. The Kier molecular flexibility index (Phi) is 4.33. The van der Waals surface area contributed by atoms with E-state index in [1.165, 1.54) is 0 Å². The molecule has 2 nitrogen and oxygen atoms in total. The molecule has 1 fully saturated rings. The molecule has 1 N–H and O–H groups in total. The van der Waals surface area contributed by atoms with Gasteiger partial charge in [-0.2, -0.15) is 5.26 Å². The summed E-state index contributed by atoms with van der Waals surface area (Å²) in [6.07, 6.45) is 0.871. The molecule has 114 valence electrons. The van der Waals surface area contributed by atoms with Crippen LogP contribution >= 0.6 is 11.6 Å². The molecule has 1 aliphatic rings. The fraction of sp³-hybridized carbons (Fsp3) is 0.588. The van der Waals surface area contributed by atoms with Crippen molar-refractivity contribution in [1.29, 1.82) is 5.26 Å². The van der Waals surface area contributed by atoms with Crippen LogP contribution in [0, 0.1) is 28.0 Å². The van der Waals surface area contributed by atoms with Crippen LogP contribution in [-0.2, 0) is 0 Å². The van der Waals surface area contributed by atoms with E-state index in [4.69, 9.17) is 11.6 Å². The van der Waals surface area contributed by atoms with Gasteiger partial charge in [-0.25, -0.2) is 4.39 Å². The lowest BCUT2D eigenvalue weighted by Crippen LogP contribution is -2.38. The monoisotopic (exact) mass is 308 g/mol. The molecule has 4 heteroatoms. The standard InChI is InChI=1S/C17H22ClFN2/c1-16(2,3)8-14-17(4,10-20)12(9-21-14)11-6-5-7-13(18)15(11)19/h5-7,12,14,21H,8-9H2,1-4H3/t12?,14-,17-/m0/s1. The first kappa shape index (κ1) is 16.3. The van der Waals surface area contributed by atoms with Crippen molar-refractivity contribution < 1.29 is 4.39 Å². The molecule has 0 bridgehead atoms. The molecule has 1 unspecified atom stereocenters. The summed E-state index contributed by atoms with van der Waals surface area (Å²) in [5, 5.41) is 13.3. The van der Waals surface area contributed by atoms with E-state index >= 15 is 0 Å². The van der Waals surface area contributed by atoms with Crippen LogP contribution in [0.5, 0.6) is 0 Å². The third kappa shape index (κ3) is 3.07. The molecule has 0 radical (unpaired) electrons. The van der Waals surface area contributed by atoms with Crippen molar-refractivity contribution in [3.63, 3.8) is 0 Å². The molecule has 1 aromatic rings. The number of nitrogens with zero attached hydrogens (tertiary/aromatic N) is 1. The van der Waals surface area contributed by atoms with Crippen molar-refractivity contribution in [2.75, 3.05) is 6.54 Å². The molecule has 0 saturated carbocycles. The zero-order chi connectivity index (χ0) is 15.8. The summed E-state index contributed by atoms with van der Waals surface area (Å²) in [4.78, 5) is 0. The van der Waals surface area contributed by atoms with Gasteiger partial charge in [0.25, 0.3) is 0 Å². The molecule has 1 aromatic carbocycles. The molecule has 1 heterocycles. The number of nitriles is 1. The number of benzene rings is 1. The van der Waals surface area contributed by atoms with E-state index in [9.17, 15) is 9.65 Å². The average Bonchev–Trinajstić information content (AvgIpc) is 2.69. The van der Waals surface area contributed by atoms with Crippen LogP contribution in [0.4, 0.5) is 4.39 Å². The normalized spacial score (nSPS) is 29.4. The van der Waals surface area contributed by atoms with E-state index < -0.39 is 11.2 Å². The van der Waals surface area contributed by atoms with Gasteiger partial charge < -0.3 is 5.32 Å². The smallest absolute Gasteiger partial charge is 0.145 e. The van der Waals surface area contributed by atoms with Crippen molar-refractivity contribution in [3.8, 4) is 6.07 Å². The minimum Gasteiger partial charge on any atom is -0.312 e. The summed E-state index contributed by atoms with van der Waals surface area (Å²) >= 11 is 5.89. The maximum absolute atomic E-state index is 14.3. The Morgan fingerprint density at radius 1 is 1.48 bits per heavy atom. The molecule has 1 aliphatic heterocycles. The molecule has 0 aromatic heterocycles. The first-order valence-electron chi connectivity index (χ1n) is 7.27. The van der Waals surface area contributed by atoms with Crippen LogP contribution in [0.2, 0.25) is 5.02 Å². The topological polar surface area (TPSA) is 35.8 Å². The maximum Gasteiger partial charge on any atom is 0.145 e. The van der Waals surface area contributed by atoms with Gasteiger partial charge in [0.05, 0.1) is 16.5 Å². The molecular weight excluding hydrogens is 287 g/mol. The second kappa shape index (κ2) is 5.59. The predicted molar refractivity (Wildman–Crippen MR) is 83.7 cm³/mol. The number of halogens is 2. The van der Waals surface area contributed by atoms with Crippen LogP contribution in [0.3, 0.4) is 0 Å². The lowest BCUT2D eigenvalue weighted by atomic mass is 9.69. The van der Waals surface area contributed by atoms with E-state index in [0.29, 0.717) is 12.1 Å². The second-order valence-electron chi connectivity index (χ2n) is 7.32. The predicted octanol–water partition coefficient (Wildman–Crippen LogP) is 4.50. The summed E-state index contributed by atoms with van der Waals surface area (Å²) in [6, 6.07) is 7.51. The lowest BCUT2D eigenvalue weighted by molar-refractivity contribution is 0.245. The summed E-state index contributed by atoms with van der Waals surface area (Å²) in [6.45, 7) is 8.98. The van der Waals surface area contributed by atoms with Gasteiger partial charge in [-0.15, -0.1) is 0 Å². The Morgan fingerprint density at radius 3 is 2.71 bits per heavy atom. The molecule has 0 amide bonds. The van der Waals surface area contributed by atoms with E-state index in [2.05, 4.69) is 32.2 Å². The third-order valence-corrected chi connectivity index (χ3v) is 4.72. The number of hydrogen-bond donors (Lipinski definition) is 1. The summed E-state index contributed by atoms with van der Waals surface area (Å²) in [5.41, 5.74) is 0.00606. The van der Waals surface area contributed by atoms with Crippen molar-refractivity contribution >= 4 is 11.6 Å². The van der Waals surface area contributed by atoms with E-state index in [0.717, 1.165) is 6.42 Å². The van der Waals surface area contributed by atoms with Crippen molar-refractivity contribution in [2.24, 2.45) is 10.8 Å². The quantitative estimate of drug-likeness (QED) is 0.873. The number of nitrogens with one attached hydrogen (secondary N) is 1. The molecule has 21 heavy (non-hydrogen) atoms. The van der Waals surface area contributed by atoms with Crippen LogP contribution in [0.1, 0.15) is 45.6 Å². The van der Waals surface area contributed by atoms with Gasteiger partial charge in [0, 0.05) is 18.5 Å². The van der Waals surface area contributed by atoms with Gasteiger partial charge >= 0.3 is 0 Å². The fourth-order valence-electron chi connectivity index (χ4n) is 3.20. The first-order chi connectivity index (χ1) is 9.69. The lowest BCUT2D eigenvalue weighted by Gasteiger charge is -2.33. The van der Waals surface area contributed by atoms with E-state index in [1.807, 2.05) is 6.92 Å². The molecule has 3 atom stereocenters. The Morgan fingerprint density at radius 2 is 2.14 bits per heavy atom. The third-order valence-electron chi connectivity index (χ3n) is 4.43. The Balaban J connectivity index is 2.38. The van der Waals surface area contributed by atoms with E-state index in [1.54, 1.807) is 18.2 Å². The van der Waals surface area contributed by atoms with Crippen LogP contribution in [0.15, 0.2) is 18.2 Å². The average molecular weight is 309 g/mol. The van der Waals surface area contributed by atoms with Crippen molar-refractivity contribution in [3.05, 3.63) is 34.6 Å². The zero-order valence-corrected chi connectivity index (χ0v) is 13.8. The van der Waals surface area contributed by atoms with Gasteiger partial charge in [0.2, 0.25) is 0 Å². The zero-order valence-electron chi connectivity index (χ0n) is 13.0. The van der Waals surface area contributed by atoms with Gasteiger partial charge in [0.15, 0.2) is 0 Å². The Bertz CT molecular complexity index is 573. The summed E-state index contributed by atoms with van der Waals surface area (Å²) < 4.78 is 14.3. The highest BCUT2D eigenvalue weighted by atomic mass is 35.5. The fourth-order valence-corrected chi connectivity index (χ4v) is 3.38. The number of rotatable bonds is 2. The van der Waals surface area contributed by atoms with Crippen LogP contribution in [0.25, 0.3) is 0 Å². The van der Waals surface area contributed by atoms with E-state index in [-0.39, 0.29) is 22.4 Å². The largest absolute Gasteiger partial charge is 0.312 e. The molecule has 0 spiro atoms. The Hall–Kier alpha value is -1.11. The van der Waals surface area contributed by atoms with Crippen molar-refractivity contribution in [2.45, 2.75) is 46.1 Å².